The number of aromatic nitrogens is 3. The number of aryl methyl sites for hydroxylation is 2. The van der Waals surface area contributed by atoms with Gasteiger partial charge in [-0.05, 0) is 50.2 Å². The quantitative estimate of drug-likeness (QED) is 0.282. The normalized spacial score (nSPS) is 11.5. The highest BCUT2D eigenvalue weighted by molar-refractivity contribution is 7.99. The lowest BCUT2D eigenvalue weighted by molar-refractivity contribution is -0.137. The van der Waals surface area contributed by atoms with E-state index in [0.717, 1.165) is 52.3 Å². The molecule has 0 unspecified atom stereocenters. The molecule has 0 aliphatic heterocycles. The Bertz CT molecular complexity index is 1370. The van der Waals surface area contributed by atoms with Crippen molar-refractivity contribution < 1.29 is 18.0 Å². The van der Waals surface area contributed by atoms with Crippen LogP contribution in [0, 0.1) is 13.8 Å². The number of benzene rings is 3. The minimum atomic E-state index is -4.55. The Labute approximate surface area is 209 Å². The lowest BCUT2D eigenvalue weighted by atomic mass is 10.1. The fraction of sp³-hybridized carbons (Fsp3) is 0.160. The standard InChI is InChI=1S/C25H20ClF3N4OS/c1-15-6-9-19(10-7-15)33-23(17-5-3-4-16(2)12-17)31-32-24(33)35-14-22(34)30-21-13-18(25(27,28)29)8-11-20(21)26/h3-13H,14H2,1-2H3,(H,30,34). The zero-order chi connectivity index (χ0) is 25.2. The van der Waals surface area contributed by atoms with E-state index in [1.165, 1.54) is 0 Å². The Kier molecular flexibility index (Phi) is 7.18. The third-order valence-corrected chi connectivity index (χ3v) is 6.36. The maximum Gasteiger partial charge on any atom is 0.416 e. The molecule has 1 amide bonds. The summed E-state index contributed by atoms with van der Waals surface area (Å²) in [6.45, 7) is 3.96. The minimum Gasteiger partial charge on any atom is -0.324 e. The minimum absolute atomic E-state index is 0.0147. The molecule has 1 aromatic heterocycles. The van der Waals surface area contributed by atoms with Crippen LogP contribution in [0.2, 0.25) is 5.02 Å². The van der Waals surface area contributed by atoms with Gasteiger partial charge in [0.1, 0.15) is 0 Å². The highest BCUT2D eigenvalue weighted by Crippen LogP contribution is 2.34. The summed E-state index contributed by atoms with van der Waals surface area (Å²) >= 11 is 7.11. The Balaban J connectivity index is 1.59. The average Bonchev–Trinajstić information content (AvgIpc) is 3.23. The SMILES string of the molecule is Cc1ccc(-n2c(SCC(=O)Nc3cc(C(F)(F)F)ccc3Cl)nnc2-c2cccc(C)c2)cc1. The summed E-state index contributed by atoms with van der Waals surface area (Å²) in [4.78, 5) is 12.6. The lowest BCUT2D eigenvalue weighted by Crippen LogP contribution is -2.16. The van der Waals surface area contributed by atoms with Gasteiger partial charge in [-0.25, -0.2) is 0 Å². The van der Waals surface area contributed by atoms with Gasteiger partial charge in [0.05, 0.1) is 22.0 Å². The van der Waals surface area contributed by atoms with Crippen molar-refractivity contribution in [1.82, 2.24) is 14.8 Å². The molecule has 0 radical (unpaired) electrons. The van der Waals surface area contributed by atoms with E-state index < -0.39 is 17.6 Å². The second-order valence-electron chi connectivity index (χ2n) is 7.88. The van der Waals surface area contributed by atoms with Crippen LogP contribution in [-0.4, -0.2) is 26.4 Å². The van der Waals surface area contributed by atoms with Crippen molar-refractivity contribution in [2.75, 3.05) is 11.1 Å². The summed E-state index contributed by atoms with van der Waals surface area (Å²) in [5.41, 5.74) is 2.84. The Hall–Kier alpha value is -3.30. The highest BCUT2D eigenvalue weighted by atomic mass is 35.5. The number of rotatable bonds is 6. The van der Waals surface area contributed by atoms with Gasteiger partial charge in [-0.15, -0.1) is 10.2 Å². The van der Waals surface area contributed by atoms with Crippen molar-refractivity contribution in [3.8, 4) is 17.1 Å². The van der Waals surface area contributed by atoms with Crippen LogP contribution in [0.4, 0.5) is 18.9 Å². The first-order chi connectivity index (χ1) is 16.6. The van der Waals surface area contributed by atoms with Crippen LogP contribution in [0.25, 0.3) is 17.1 Å². The monoisotopic (exact) mass is 516 g/mol. The van der Waals surface area contributed by atoms with Crippen LogP contribution < -0.4 is 5.32 Å². The van der Waals surface area contributed by atoms with Crippen molar-refractivity contribution in [1.29, 1.82) is 0 Å². The highest BCUT2D eigenvalue weighted by Gasteiger charge is 2.31. The number of carbonyl (C=O) groups excluding carboxylic acids is 1. The smallest absolute Gasteiger partial charge is 0.324 e. The number of nitrogens with one attached hydrogen (secondary N) is 1. The number of alkyl halides is 3. The molecule has 10 heteroatoms. The van der Waals surface area contributed by atoms with E-state index in [-0.39, 0.29) is 16.5 Å². The molecule has 0 atom stereocenters. The Morgan fingerprint density at radius 1 is 1.00 bits per heavy atom. The Morgan fingerprint density at radius 2 is 1.74 bits per heavy atom. The van der Waals surface area contributed by atoms with Crippen LogP contribution in [-0.2, 0) is 11.0 Å². The maximum atomic E-state index is 13.0. The van der Waals surface area contributed by atoms with Gasteiger partial charge >= 0.3 is 6.18 Å². The molecule has 180 valence electrons. The molecule has 0 spiro atoms. The molecule has 0 saturated heterocycles. The molecule has 1 N–H and O–H groups in total. The van der Waals surface area contributed by atoms with Gasteiger partial charge in [0, 0.05) is 11.3 Å². The van der Waals surface area contributed by atoms with E-state index in [9.17, 15) is 18.0 Å². The third-order valence-electron chi connectivity index (χ3n) is 5.10. The van der Waals surface area contributed by atoms with Gasteiger partial charge < -0.3 is 5.32 Å². The zero-order valence-corrected chi connectivity index (χ0v) is 20.3. The first-order valence-corrected chi connectivity index (χ1v) is 11.9. The predicted molar refractivity (Wildman–Crippen MR) is 132 cm³/mol. The topological polar surface area (TPSA) is 59.8 Å². The van der Waals surface area contributed by atoms with E-state index >= 15 is 0 Å². The Morgan fingerprint density at radius 3 is 2.43 bits per heavy atom. The molecular formula is C25H20ClF3N4OS. The lowest BCUT2D eigenvalue weighted by Gasteiger charge is -2.12. The number of halogens is 4. The summed E-state index contributed by atoms with van der Waals surface area (Å²) < 4.78 is 40.9. The van der Waals surface area contributed by atoms with E-state index in [1.807, 2.05) is 66.9 Å². The summed E-state index contributed by atoms with van der Waals surface area (Å²) in [5, 5.41) is 11.6. The average molecular weight is 517 g/mol. The summed E-state index contributed by atoms with van der Waals surface area (Å²) in [6, 6.07) is 18.4. The van der Waals surface area contributed by atoms with E-state index in [0.29, 0.717) is 11.0 Å². The largest absolute Gasteiger partial charge is 0.416 e. The van der Waals surface area contributed by atoms with Crippen LogP contribution in [0.15, 0.2) is 71.9 Å². The van der Waals surface area contributed by atoms with Gasteiger partial charge in [-0.3, -0.25) is 9.36 Å². The molecule has 1 heterocycles. The third kappa shape index (κ3) is 5.86. The number of carbonyl (C=O) groups is 1. The van der Waals surface area contributed by atoms with Crippen molar-refractivity contribution in [2.45, 2.75) is 25.2 Å². The second kappa shape index (κ2) is 10.1. The number of anilines is 1. The molecule has 0 aliphatic rings. The molecular weight excluding hydrogens is 497 g/mol. The number of hydrogen-bond acceptors (Lipinski definition) is 4. The van der Waals surface area contributed by atoms with Crippen molar-refractivity contribution >= 4 is 35.0 Å². The van der Waals surface area contributed by atoms with Crippen LogP contribution in [0.1, 0.15) is 16.7 Å². The first kappa shape index (κ1) is 24.8. The van der Waals surface area contributed by atoms with Gasteiger partial charge in [0.2, 0.25) is 5.91 Å². The number of hydrogen-bond donors (Lipinski definition) is 1. The van der Waals surface area contributed by atoms with Gasteiger partial charge in [-0.1, -0.05) is 64.8 Å². The summed E-state index contributed by atoms with van der Waals surface area (Å²) in [5.74, 6) is -0.0159. The van der Waals surface area contributed by atoms with Gasteiger partial charge in [0.15, 0.2) is 11.0 Å². The maximum absolute atomic E-state index is 13.0. The van der Waals surface area contributed by atoms with E-state index in [4.69, 9.17) is 11.6 Å². The summed E-state index contributed by atoms with van der Waals surface area (Å²) in [6.07, 6.45) is -4.55. The molecule has 5 nitrogen and oxygen atoms in total. The van der Waals surface area contributed by atoms with Crippen molar-refractivity contribution in [3.63, 3.8) is 0 Å². The molecule has 0 bridgehead atoms. The molecule has 0 aliphatic carbocycles. The number of thioether (sulfide) groups is 1. The molecule has 3 aromatic carbocycles. The zero-order valence-electron chi connectivity index (χ0n) is 18.7. The molecule has 0 saturated carbocycles. The molecule has 4 aromatic rings. The van der Waals surface area contributed by atoms with Gasteiger partial charge in [-0.2, -0.15) is 13.2 Å². The first-order valence-electron chi connectivity index (χ1n) is 10.5. The fourth-order valence-electron chi connectivity index (χ4n) is 3.37. The van der Waals surface area contributed by atoms with E-state index in [2.05, 4.69) is 15.5 Å². The predicted octanol–water partition coefficient (Wildman–Crippen LogP) is 6.95. The fourth-order valence-corrected chi connectivity index (χ4v) is 4.29. The van der Waals surface area contributed by atoms with Crippen molar-refractivity contribution in [3.05, 3.63) is 88.4 Å². The number of amides is 1. The van der Waals surface area contributed by atoms with E-state index in [1.54, 1.807) is 0 Å². The van der Waals surface area contributed by atoms with Gasteiger partial charge in [0.25, 0.3) is 0 Å². The van der Waals surface area contributed by atoms with Crippen LogP contribution in [0.3, 0.4) is 0 Å². The second-order valence-corrected chi connectivity index (χ2v) is 9.23. The number of nitrogens with zero attached hydrogens (tertiary/aromatic N) is 3. The van der Waals surface area contributed by atoms with Crippen LogP contribution >= 0.6 is 23.4 Å². The molecule has 4 rings (SSSR count). The molecule has 0 fully saturated rings. The summed E-state index contributed by atoms with van der Waals surface area (Å²) in [7, 11) is 0. The molecule has 35 heavy (non-hydrogen) atoms. The van der Waals surface area contributed by atoms with Crippen LogP contribution in [0.5, 0.6) is 0 Å². The van der Waals surface area contributed by atoms with Crippen molar-refractivity contribution in [2.24, 2.45) is 0 Å².